The van der Waals surface area contributed by atoms with Crippen LogP contribution in [0.3, 0.4) is 0 Å². The molecule has 32 heavy (non-hydrogen) atoms. The topological polar surface area (TPSA) is 126 Å². The fraction of sp³-hybridized carbons (Fsp3) is 0.636. The van der Waals surface area contributed by atoms with Crippen molar-refractivity contribution in [3.63, 3.8) is 0 Å². The van der Waals surface area contributed by atoms with Crippen molar-refractivity contribution in [2.24, 2.45) is 17.8 Å². The van der Waals surface area contributed by atoms with Crippen molar-refractivity contribution in [1.29, 1.82) is 0 Å². The number of β-lactam (4-membered cyclic amide) rings is 1. The van der Waals surface area contributed by atoms with Crippen molar-refractivity contribution in [2.45, 2.75) is 67.7 Å². The third-order valence-electron chi connectivity index (χ3n) is 7.44. The Bertz CT molecular complexity index is 992. The first kappa shape index (κ1) is 21.8. The highest BCUT2D eigenvalue weighted by molar-refractivity contribution is 8.01. The van der Waals surface area contributed by atoms with Crippen molar-refractivity contribution >= 4 is 46.0 Å². The summed E-state index contributed by atoms with van der Waals surface area (Å²) in [5.41, 5.74) is 6.51. The first-order valence-electron chi connectivity index (χ1n) is 11.1. The van der Waals surface area contributed by atoms with Gasteiger partial charge in [-0.3, -0.25) is 9.59 Å². The molecule has 5 aliphatic rings. The molecule has 172 valence electrons. The molecule has 4 N–H and O–H groups in total. The van der Waals surface area contributed by atoms with Crippen LogP contribution in [0.1, 0.15) is 51.1 Å². The van der Waals surface area contributed by atoms with Crippen molar-refractivity contribution in [2.75, 3.05) is 5.73 Å². The normalized spacial score (nSPS) is 35.3. The standard InChI is InChI=1S/C22H28N4O4S2/c1-22(2)16(20(29)30)26-18(28)15(19(26)32-22)25-17(27)13(14-9-31-21(23)24-14)8-12-7-10-3-5-11(12)6-4-10/h3,5,9-13,15-16,19H,4,6-8H2,1-2H3,(H2,23,24)(H,25,27)(H,29,30)/t10?,11?,12?,13?,15-,16+,19-/m1/s1. The lowest BCUT2D eigenvalue weighted by atomic mass is 9.66. The summed E-state index contributed by atoms with van der Waals surface area (Å²) in [6.07, 6.45) is 8.72. The summed E-state index contributed by atoms with van der Waals surface area (Å²) in [6, 6.07) is -1.60. The number of amides is 2. The van der Waals surface area contributed by atoms with Gasteiger partial charge in [-0.2, -0.15) is 0 Å². The Hall–Kier alpha value is -2.07. The molecule has 0 aromatic carbocycles. The monoisotopic (exact) mass is 476 g/mol. The van der Waals surface area contributed by atoms with Crippen LogP contribution < -0.4 is 11.1 Å². The van der Waals surface area contributed by atoms with Gasteiger partial charge >= 0.3 is 5.97 Å². The number of aromatic nitrogens is 1. The number of fused-ring (bicyclic) bond motifs is 3. The fourth-order valence-corrected chi connectivity index (χ4v) is 8.09. The van der Waals surface area contributed by atoms with E-state index in [4.69, 9.17) is 5.73 Å². The molecule has 0 radical (unpaired) electrons. The SMILES string of the molecule is CC1(C)S[C@@H]2[C@H](NC(=O)C(CC3CC4C=CC3CC4)c3csc(N)n3)C(=O)N2[C@H]1C(=O)O. The number of rotatable bonds is 6. The molecule has 1 aromatic heterocycles. The lowest BCUT2D eigenvalue weighted by Gasteiger charge is -2.44. The van der Waals surface area contributed by atoms with E-state index in [0.29, 0.717) is 35.0 Å². The van der Waals surface area contributed by atoms with Crippen LogP contribution in [-0.2, 0) is 14.4 Å². The van der Waals surface area contributed by atoms with E-state index in [2.05, 4.69) is 22.5 Å². The molecular formula is C22H28N4O4S2. The zero-order valence-electron chi connectivity index (χ0n) is 18.1. The summed E-state index contributed by atoms with van der Waals surface area (Å²) in [5, 5.41) is 14.4. The number of nitrogens with one attached hydrogen (secondary N) is 1. The van der Waals surface area contributed by atoms with E-state index in [-0.39, 0.29) is 17.2 Å². The number of anilines is 1. The maximum absolute atomic E-state index is 13.4. The van der Waals surface area contributed by atoms with Crippen molar-refractivity contribution < 1.29 is 19.5 Å². The number of thioether (sulfide) groups is 1. The molecule has 3 heterocycles. The first-order chi connectivity index (χ1) is 15.2. The summed E-state index contributed by atoms with van der Waals surface area (Å²) < 4.78 is -0.623. The number of aliphatic carboxylic acids is 1. The molecule has 4 unspecified atom stereocenters. The zero-order chi connectivity index (χ0) is 22.8. The Kier molecular flexibility index (Phi) is 5.28. The third-order valence-corrected chi connectivity index (χ3v) is 9.70. The van der Waals surface area contributed by atoms with E-state index in [9.17, 15) is 19.5 Å². The number of hydrogen-bond acceptors (Lipinski definition) is 7. The summed E-state index contributed by atoms with van der Waals surface area (Å²) in [4.78, 5) is 43.8. The van der Waals surface area contributed by atoms with Gasteiger partial charge in [0.15, 0.2) is 5.13 Å². The molecule has 7 atom stereocenters. The minimum atomic E-state index is -1.01. The number of carboxylic acids is 1. The van der Waals surface area contributed by atoms with Gasteiger partial charge in [0.2, 0.25) is 11.8 Å². The number of nitrogen functional groups attached to an aromatic ring is 1. The smallest absolute Gasteiger partial charge is 0.327 e. The zero-order valence-corrected chi connectivity index (χ0v) is 19.7. The maximum atomic E-state index is 13.4. The summed E-state index contributed by atoms with van der Waals surface area (Å²) in [7, 11) is 0. The van der Waals surface area contributed by atoms with Gasteiger partial charge in [-0.1, -0.05) is 12.2 Å². The number of hydrogen-bond donors (Lipinski definition) is 3. The molecule has 2 aliphatic heterocycles. The molecule has 6 rings (SSSR count). The van der Waals surface area contributed by atoms with Crippen LogP contribution >= 0.6 is 23.1 Å². The number of carboxylic acid groups (broad SMARTS) is 1. The number of carbonyl (C=O) groups excluding carboxylic acids is 2. The van der Waals surface area contributed by atoms with Crippen molar-refractivity contribution in [3.8, 4) is 0 Å². The molecule has 1 saturated carbocycles. The highest BCUT2D eigenvalue weighted by atomic mass is 32.2. The Morgan fingerprint density at radius 3 is 2.72 bits per heavy atom. The second kappa shape index (κ2) is 7.76. The molecule has 2 saturated heterocycles. The number of carbonyl (C=O) groups is 3. The molecule has 10 heteroatoms. The molecule has 3 aliphatic carbocycles. The van der Waals surface area contributed by atoms with E-state index in [0.717, 1.165) is 12.8 Å². The Balaban J connectivity index is 1.33. The predicted molar refractivity (Wildman–Crippen MR) is 123 cm³/mol. The molecular weight excluding hydrogens is 448 g/mol. The minimum absolute atomic E-state index is 0.226. The van der Waals surface area contributed by atoms with Gasteiger partial charge in [-0.25, -0.2) is 9.78 Å². The molecule has 3 fully saturated rings. The average Bonchev–Trinajstić information content (AvgIpc) is 3.29. The van der Waals surface area contributed by atoms with Crippen LogP contribution in [-0.4, -0.2) is 55.0 Å². The van der Waals surface area contributed by atoms with E-state index < -0.39 is 28.7 Å². The fourth-order valence-electron chi connectivity index (χ4n) is 5.85. The quantitative estimate of drug-likeness (QED) is 0.425. The first-order valence-corrected chi connectivity index (χ1v) is 12.8. The largest absolute Gasteiger partial charge is 0.480 e. The van der Waals surface area contributed by atoms with E-state index in [1.165, 1.54) is 34.4 Å². The summed E-state index contributed by atoms with van der Waals surface area (Å²) in [6.45, 7) is 3.65. The van der Waals surface area contributed by atoms with E-state index in [1.807, 2.05) is 19.2 Å². The van der Waals surface area contributed by atoms with Gasteiger partial charge < -0.3 is 21.1 Å². The van der Waals surface area contributed by atoms with Crippen LogP contribution in [0.5, 0.6) is 0 Å². The average molecular weight is 477 g/mol. The number of thiazole rings is 1. The predicted octanol–water partition coefficient (Wildman–Crippen LogP) is 2.43. The van der Waals surface area contributed by atoms with Gasteiger partial charge in [-0.15, -0.1) is 23.1 Å². The molecule has 1 aromatic rings. The second-order valence-electron chi connectivity index (χ2n) is 9.87. The summed E-state index contributed by atoms with van der Waals surface area (Å²) >= 11 is 2.75. The van der Waals surface area contributed by atoms with Crippen LogP contribution in [0, 0.1) is 17.8 Å². The third kappa shape index (κ3) is 3.51. The van der Waals surface area contributed by atoms with Gasteiger partial charge in [0.1, 0.15) is 17.5 Å². The van der Waals surface area contributed by atoms with Crippen molar-refractivity contribution in [1.82, 2.24) is 15.2 Å². The van der Waals surface area contributed by atoms with E-state index in [1.54, 1.807) is 0 Å². The maximum Gasteiger partial charge on any atom is 0.327 e. The van der Waals surface area contributed by atoms with Crippen LogP contribution in [0.4, 0.5) is 5.13 Å². The molecule has 2 amide bonds. The van der Waals surface area contributed by atoms with Gasteiger partial charge in [0.05, 0.1) is 11.6 Å². The Morgan fingerprint density at radius 1 is 1.38 bits per heavy atom. The number of nitrogens with two attached hydrogens (primary N) is 1. The number of nitrogens with zero attached hydrogens (tertiary/aromatic N) is 2. The van der Waals surface area contributed by atoms with Crippen LogP contribution in [0.25, 0.3) is 0 Å². The highest BCUT2D eigenvalue weighted by Crippen LogP contribution is 2.51. The lowest BCUT2D eigenvalue weighted by Crippen LogP contribution is -2.70. The van der Waals surface area contributed by atoms with Crippen LogP contribution in [0.2, 0.25) is 0 Å². The lowest BCUT2D eigenvalue weighted by molar-refractivity contribution is -0.161. The van der Waals surface area contributed by atoms with Crippen LogP contribution in [0.15, 0.2) is 17.5 Å². The van der Waals surface area contributed by atoms with Crippen molar-refractivity contribution in [3.05, 3.63) is 23.2 Å². The van der Waals surface area contributed by atoms with Gasteiger partial charge in [0, 0.05) is 10.1 Å². The van der Waals surface area contributed by atoms with Gasteiger partial charge in [-0.05, 0) is 57.3 Å². The Labute approximate surface area is 195 Å². The van der Waals surface area contributed by atoms with E-state index >= 15 is 0 Å². The molecule has 2 bridgehead atoms. The van der Waals surface area contributed by atoms with Gasteiger partial charge in [0.25, 0.3) is 0 Å². The molecule has 8 nitrogen and oxygen atoms in total. The number of allylic oxidation sites excluding steroid dienone is 2. The molecule has 0 spiro atoms. The second-order valence-corrected chi connectivity index (χ2v) is 12.5. The Morgan fingerprint density at radius 2 is 2.16 bits per heavy atom. The summed E-state index contributed by atoms with van der Waals surface area (Å²) in [5.74, 6) is -0.573. The minimum Gasteiger partial charge on any atom is -0.480 e. The highest BCUT2D eigenvalue weighted by Gasteiger charge is 2.64.